The second kappa shape index (κ2) is 8.78. The van der Waals surface area contributed by atoms with Gasteiger partial charge in [-0.15, -0.1) is 0 Å². The third kappa shape index (κ3) is 4.71. The Morgan fingerprint density at radius 2 is 1.88 bits per heavy atom. The summed E-state index contributed by atoms with van der Waals surface area (Å²) in [5.74, 6) is 0. The van der Waals surface area contributed by atoms with Gasteiger partial charge in [0.1, 0.15) is 17.5 Å². The second-order valence-corrected chi connectivity index (χ2v) is 6.98. The Balaban J connectivity index is 1.84. The fraction of sp³-hybridized carbons (Fsp3) is 0.111. The Labute approximate surface area is 170 Å². The van der Waals surface area contributed by atoms with Gasteiger partial charge in [0.15, 0.2) is 5.50 Å². The minimum Gasteiger partial charge on any atom is -0.391 e. The first-order valence-electron chi connectivity index (χ1n) is 7.57. The number of benzene rings is 2. The number of rotatable bonds is 6. The summed E-state index contributed by atoms with van der Waals surface area (Å²) in [4.78, 5) is 9.50. The van der Waals surface area contributed by atoms with Gasteiger partial charge in [-0.05, 0) is 12.1 Å². The van der Waals surface area contributed by atoms with Crippen LogP contribution in [0.2, 0.25) is 15.2 Å². The molecule has 134 valence electrons. The van der Waals surface area contributed by atoms with Crippen molar-refractivity contribution in [3.8, 4) is 0 Å². The monoisotopic (exact) mass is 427 g/mol. The van der Waals surface area contributed by atoms with Gasteiger partial charge < -0.3 is 9.40 Å². The molecule has 1 unspecified atom stereocenters. The summed E-state index contributed by atoms with van der Waals surface area (Å²) in [5, 5.41) is 5.66. The third-order valence-electron chi connectivity index (χ3n) is 3.53. The van der Waals surface area contributed by atoms with Crippen LogP contribution in [0.5, 0.6) is 0 Å². The van der Waals surface area contributed by atoms with Crippen LogP contribution in [0.3, 0.4) is 0 Å². The van der Waals surface area contributed by atoms with Gasteiger partial charge in [0.05, 0.1) is 6.33 Å². The molecule has 3 aromatic rings. The van der Waals surface area contributed by atoms with E-state index in [4.69, 9.17) is 51.2 Å². The number of hydrogen-bond acceptors (Lipinski definition) is 3. The molecule has 1 atom stereocenters. The van der Waals surface area contributed by atoms with Crippen molar-refractivity contribution in [1.82, 2.24) is 9.55 Å². The largest absolute Gasteiger partial charge is 0.391 e. The number of halogens is 4. The number of imidazole rings is 1. The van der Waals surface area contributed by atoms with E-state index >= 15 is 0 Å². The lowest BCUT2D eigenvalue weighted by atomic mass is 10.1. The van der Waals surface area contributed by atoms with Crippen molar-refractivity contribution < 1.29 is 4.84 Å². The molecule has 0 saturated carbocycles. The van der Waals surface area contributed by atoms with E-state index in [1.807, 2.05) is 30.3 Å². The van der Waals surface area contributed by atoms with Crippen LogP contribution in [-0.2, 0) is 11.4 Å². The van der Waals surface area contributed by atoms with Crippen LogP contribution in [0.15, 0.2) is 66.2 Å². The normalized spacial score (nSPS) is 12.8. The van der Waals surface area contributed by atoms with Gasteiger partial charge in [-0.1, -0.05) is 88.0 Å². The Kier molecular flexibility index (Phi) is 6.43. The minimum atomic E-state index is -0.641. The highest BCUT2D eigenvalue weighted by molar-refractivity contribution is 6.35. The zero-order valence-electron chi connectivity index (χ0n) is 13.3. The van der Waals surface area contributed by atoms with Gasteiger partial charge in [-0.2, -0.15) is 0 Å². The van der Waals surface area contributed by atoms with Crippen molar-refractivity contribution in [2.45, 2.75) is 12.1 Å². The number of oxime groups is 1. The zero-order valence-corrected chi connectivity index (χ0v) is 16.3. The van der Waals surface area contributed by atoms with E-state index in [2.05, 4.69) is 10.1 Å². The average Bonchev–Trinajstić information content (AvgIpc) is 3.07. The number of alkyl halides is 1. The lowest BCUT2D eigenvalue weighted by Gasteiger charge is -2.14. The van der Waals surface area contributed by atoms with Crippen LogP contribution in [0, 0.1) is 0 Å². The van der Waals surface area contributed by atoms with Gasteiger partial charge in [-0.25, -0.2) is 4.98 Å². The molecule has 0 fully saturated rings. The summed E-state index contributed by atoms with van der Waals surface area (Å²) in [7, 11) is 0. The summed E-state index contributed by atoms with van der Waals surface area (Å²) in [6.07, 6.45) is 3.16. The predicted octanol–water partition coefficient (Wildman–Crippen LogP) is 6.20. The van der Waals surface area contributed by atoms with E-state index in [9.17, 15) is 0 Å². The summed E-state index contributed by atoms with van der Waals surface area (Å²) in [6, 6.07) is 14.7. The van der Waals surface area contributed by atoms with Crippen molar-refractivity contribution >= 4 is 52.1 Å². The highest BCUT2D eigenvalue weighted by Crippen LogP contribution is 2.24. The molecule has 4 nitrogen and oxygen atoms in total. The first-order chi connectivity index (χ1) is 12.5. The molecule has 2 aromatic carbocycles. The minimum absolute atomic E-state index is 0.181. The molecule has 0 N–H and O–H groups in total. The van der Waals surface area contributed by atoms with Crippen LogP contribution in [0.25, 0.3) is 0 Å². The summed E-state index contributed by atoms with van der Waals surface area (Å²) < 4.78 is 1.65. The molecule has 0 amide bonds. The Hall–Kier alpha value is -1.72. The van der Waals surface area contributed by atoms with Gasteiger partial charge in [0, 0.05) is 27.4 Å². The van der Waals surface area contributed by atoms with Crippen molar-refractivity contribution in [3.63, 3.8) is 0 Å². The summed E-state index contributed by atoms with van der Waals surface area (Å²) in [6.45, 7) is 0.181. The standard InChI is InChI=1S/C18H13Cl4N3O/c19-14-7-6-13(15(20)8-14)10-26-24-17(12-4-2-1-3-5-12)18(22)25-9-16(21)23-11-25/h1-9,11,18H,10H2/b24-17-. The van der Waals surface area contributed by atoms with Gasteiger partial charge in [0.25, 0.3) is 0 Å². The molecule has 0 saturated heterocycles. The molecule has 0 aliphatic rings. The molecule has 3 rings (SSSR count). The molecular weight excluding hydrogens is 416 g/mol. The zero-order chi connectivity index (χ0) is 18.5. The van der Waals surface area contributed by atoms with Crippen LogP contribution in [0.1, 0.15) is 16.6 Å². The highest BCUT2D eigenvalue weighted by Gasteiger charge is 2.18. The molecule has 0 radical (unpaired) electrons. The number of nitrogens with zero attached hydrogens (tertiary/aromatic N) is 3. The van der Waals surface area contributed by atoms with Crippen molar-refractivity contribution in [3.05, 3.63) is 87.4 Å². The maximum atomic E-state index is 6.56. The molecule has 0 aliphatic heterocycles. The molecule has 0 aliphatic carbocycles. The Morgan fingerprint density at radius 3 is 2.54 bits per heavy atom. The molecule has 26 heavy (non-hydrogen) atoms. The average molecular weight is 429 g/mol. The highest BCUT2D eigenvalue weighted by atomic mass is 35.5. The third-order valence-corrected chi connectivity index (χ3v) is 4.74. The van der Waals surface area contributed by atoms with Gasteiger partial charge in [0.2, 0.25) is 0 Å². The Bertz CT molecular complexity index is 912. The smallest absolute Gasteiger partial charge is 0.155 e. The molecule has 1 aromatic heterocycles. The number of hydrogen-bond donors (Lipinski definition) is 0. The maximum absolute atomic E-state index is 6.56. The quantitative estimate of drug-likeness (QED) is 0.266. The lowest BCUT2D eigenvalue weighted by Crippen LogP contribution is -2.15. The molecule has 8 heteroatoms. The maximum Gasteiger partial charge on any atom is 0.155 e. The van der Waals surface area contributed by atoms with Crippen molar-refractivity contribution in [2.75, 3.05) is 0 Å². The number of aromatic nitrogens is 2. The first-order valence-corrected chi connectivity index (χ1v) is 9.14. The molecular formula is C18H13Cl4N3O. The van der Waals surface area contributed by atoms with E-state index < -0.39 is 5.50 Å². The van der Waals surface area contributed by atoms with E-state index in [-0.39, 0.29) is 6.61 Å². The first kappa shape index (κ1) is 19.1. The Morgan fingerprint density at radius 1 is 1.12 bits per heavy atom. The fourth-order valence-electron chi connectivity index (χ4n) is 2.23. The van der Waals surface area contributed by atoms with E-state index in [0.29, 0.717) is 20.9 Å². The summed E-state index contributed by atoms with van der Waals surface area (Å²) >= 11 is 24.5. The van der Waals surface area contributed by atoms with Crippen LogP contribution in [0.4, 0.5) is 0 Å². The van der Waals surface area contributed by atoms with E-state index in [1.165, 1.54) is 6.33 Å². The fourth-order valence-corrected chi connectivity index (χ4v) is 3.12. The SMILES string of the molecule is Clc1ccc(CO/N=C(/c2ccccc2)C(Cl)n2cnc(Cl)c2)c(Cl)c1. The van der Waals surface area contributed by atoms with Crippen LogP contribution >= 0.6 is 46.4 Å². The van der Waals surface area contributed by atoms with Crippen LogP contribution in [-0.4, -0.2) is 15.3 Å². The second-order valence-electron chi connectivity index (χ2n) is 5.33. The van der Waals surface area contributed by atoms with Gasteiger partial charge in [-0.3, -0.25) is 0 Å². The lowest BCUT2D eigenvalue weighted by molar-refractivity contribution is 0.130. The summed E-state index contributed by atoms with van der Waals surface area (Å²) in [5.41, 5.74) is 1.47. The van der Waals surface area contributed by atoms with E-state index in [1.54, 1.807) is 29.0 Å². The topological polar surface area (TPSA) is 39.4 Å². The molecule has 1 heterocycles. The molecule has 0 spiro atoms. The predicted molar refractivity (Wildman–Crippen MR) is 106 cm³/mol. The van der Waals surface area contributed by atoms with Gasteiger partial charge >= 0.3 is 0 Å². The van der Waals surface area contributed by atoms with Crippen molar-refractivity contribution in [2.24, 2.45) is 5.16 Å². The molecule has 0 bridgehead atoms. The van der Waals surface area contributed by atoms with E-state index in [0.717, 1.165) is 11.1 Å². The van der Waals surface area contributed by atoms with Crippen LogP contribution < -0.4 is 0 Å². The van der Waals surface area contributed by atoms with Crippen molar-refractivity contribution in [1.29, 1.82) is 0 Å².